The fourth-order valence-electron chi connectivity index (χ4n) is 2.38. The summed E-state index contributed by atoms with van der Waals surface area (Å²) < 4.78 is 5.88. The molecule has 2 aromatic rings. The molecular weight excluding hydrogens is 242 g/mol. The summed E-state index contributed by atoms with van der Waals surface area (Å²) >= 11 is 0. The number of aryl methyl sites for hydroxylation is 1. The summed E-state index contributed by atoms with van der Waals surface area (Å²) in [5, 5.41) is 13.4. The molecule has 2 rings (SSSR count). The van der Waals surface area contributed by atoms with E-state index in [4.69, 9.17) is 4.42 Å². The molecule has 0 fully saturated rings. The van der Waals surface area contributed by atoms with Crippen molar-refractivity contribution in [2.24, 2.45) is 0 Å². The maximum absolute atomic E-state index is 12.4. The van der Waals surface area contributed by atoms with Gasteiger partial charge in [0.1, 0.15) is 17.1 Å². The summed E-state index contributed by atoms with van der Waals surface area (Å²) in [5.41, 5.74) is 1.87. The van der Waals surface area contributed by atoms with Gasteiger partial charge in [-0.25, -0.2) is 0 Å². The molecule has 1 aromatic carbocycles. The minimum Gasteiger partial charge on any atom is -0.507 e. The monoisotopic (exact) mass is 261 g/mol. The van der Waals surface area contributed by atoms with Gasteiger partial charge in [-0.05, 0) is 25.6 Å². The lowest BCUT2D eigenvalue weighted by atomic mass is 10.0. The molecule has 1 aromatic heterocycles. The fourth-order valence-corrected chi connectivity index (χ4v) is 2.38. The molecule has 0 aliphatic rings. The zero-order valence-electron chi connectivity index (χ0n) is 11.5. The van der Waals surface area contributed by atoms with Crippen LogP contribution in [0.5, 0.6) is 5.75 Å². The van der Waals surface area contributed by atoms with Crippen LogP contribution in [0, 0.1) is 0 Å². The SMILES string of the molecule is CCc1oc2c(CNC)c(O)ccc2c(=O)c1CC. The van der Waals surface area contributed by atoms with Crippen molar-refractivity contribution in [3.8, 4) is 5.75 Å². The summed E-state index contributed by atoms with van der Waals surface area (Å²) in [6.07, 6.45) is 1.33. The summed E-state index contributed by atoms with van der Waals surface area (Å²) in [4.78, 5) is 12.4. The Labute approximate surface area is 112 Å². The normalized spacial score (nSPS) is 11.1. The standard InChI is InChI=1S/C15H19NO3/c1-4-9-13(5-2)19-15-10(14(9)18)6-7-12(17)11(15)8-16-3/h6-7,16-17H,4-5,8H2,1-3H3. The number of hydrogen-bond acceptors (Lipinski definition) is 4. The number of phenolic OH excluding ortho intramolecular Hbond substituents is 1. The van der Waals surface area contributed by atoms with Crippen LogP contribution in [0.15, 0.2) is 21.3 Å². The van der Waals surface area contributed by atoms with Crippen LogP contribution in [-0.4, -0.2) is 12.2 Å². The van der Waals surface area contributed by atoms with Gasteiger partial charge in [0.15, 0.2) is 5.43 Å². The lowest BCUT2D eigenvalue weighted by molar-refractivity contribution is 0.461. The van der Waals surface area contributed by atoms with Crippen LogP contribution in [0.3, 0.4) is 0 Å². The Hall–Kier alpha value is -1.81. The molecule has 1 heterocycles. The molecule has 0 amide bonds. The third-order valence-electron chi connectivity index (χ3n) is 3.34. The average molecular weight is 261 g/mol. The second-order valence-electron chi connectivity index (χ2n) is 4.51. The van der Waals surface area contributed by atoms with Gasteiger partial charge in [0.25, 0.3) is 0 Å². The number of hydrogen-bond donors (Lipinski definition) is 2. The van der Waals surface area contributed by atoms with E-state index in [1.54, 1.807) is 19.2 Å². The van der Waals surface area contributed by atoms with Crippen molar-refractivity contribution in [3.05, 3.63) is 39.2 Å². The molecule has 19 heavy (non-hydrogen) atoms. The van der Waals surface area contributed by atoms with Crippen LogP contribution < -0.4 is 10.7 Å². The maximum Gasteiger partial charge on any atom is 0.196 e. The first kappa shape index (κ1) is 13.6. The van der Waals surface area contributed by atoms with Gasteiger partial charge in [-0.1, -0.05) is 13.8 Å². The lowest BCUT2D eigenvalue weighted by Crippen LogP contribution is -2.14. The third kappa shape index (κ3) is 2.24. The van der Waals surface area contributed by atoms with Crippen LogP contribution in [0.25, 0.3) is 11.0 Å². The Morgan fingerprint density at radius 2 is 1.95 bits per heavy atom. The van der Waals surface area contributed by atoms with E-state index in [-0.39, 0.29) is 11.2 Å². The molecule has 0 aliphatic carbocycles. The molecule has 0 unspecified atom stereocenters. The van der Waals surface area contributed by atoms with Gasteiger partial charge in [0, 0.05) is 18.5 Å². The first-order valence-corrected chi connectivity index (χ1v) is 6.58. The molecule has 0 radical (unpaired) electrons. The second-order valence-corrected chi connectivity index (χ2v) is 4.51. The van der Waals surface area contributed by atoms with E-state index in [2.05, 4.69) is 5.32 Å². The Bertz CT molecular complexity index is 658. The van der Waals surface area contributed by atoms with Crippen molar-refractivity contribution >= 4 is 11.0 Å². The van der Waals surface area contributed by atoms with Gasteiger partial charge in [-0.15, -0.1) is 0 Å². The van der Waals surface area contributed by atoms with Gasteiger partial charge in [0.2, 0.25) is 0 Å². The summed E-state index contributed by atoms with van der Waals surface area (Å²) in [6.45, 7) is 4.37. The third-order valence-corrected chi connectivity index (χ3v) is 3.34. The highest BCUT2D eigenvalue weighted by Gasteiger charge is 2.16. The van der Waals surface area contributed by atoms with E-state index in [1.807, 2.05) is 13.8 Å². The zero-order chi connectivity index (χ0) is 14.0. The molecule has 0 spiro atoms. The van der Waals surface area contributed by atoms with E-state index >= 15 is 0 Å². The quantitative estimate of drug-likeness (QED) is 0.886. The van der Waals surface area contributed by atoms with Crippen molar-refractivity contribution < 1.29 is 9.52 Å². The van der Waals surface area contributed by atoms with E-state index in [0.29, 0.717) is 41.7 Å². The second kappa shape index (κ2) is 5.45. The van der Waals surface area contributed by atoms with Gasteiger partial charge >= 0.3 is 0 Å². The van der Waals surface area contributed by atoms with Crippen molar-refractivity contribution in [1.29, 1.82) is 0 Å². The van der Waals surface area contributed by atoms with Gasteiger partial charge in [-0.2, -0.15) is 0 Å². The molecule has 0 saturated heterocycles. The molecule has 2 N–H and O–H groups in total. The predicted molar refractivity (Wildman–Crippen MR) is 75.7 cm³/mol. The Morgan fingerprint density at radius 3 is 2.53 bits per heavy atom. The van der Waals surface area contributed by atoms with Gasteiger partial charge in [0.05, 0.1) is 10.9 Å². The Balaban J connectivity index is 2.87. The summed E-state index contributed by atoms with van der Waals surface area (Å²) in [7, 11) is 1.79. The number of phenols is 1. The van der Waals surface area contributed by atoms with Crippen molar-refractivity contribution in [2.45, 2.75) is 33.2 Å². The lowest BCUT2D eigenvalue weighted by Gasteiger charge is -2.11. The van der Waals surface area contributed by atoms with E-state index in [0.717, 1.165) is 5.56 Å². The highest BCUT2D eigenvalue weighted by atomic mass is 16.3. The van der Waals surface area contributed by atoms with Crippen LogP contribution in [0.2, 0.25) is 0 Å². The zero-order valence-corrected chi connectivity index (χ0v) is 11.5. The van der Waals surface area contributed by atoms with Gasteiger partial charge < -0.3 is 14.8 Å². The number of nitrogens with one attached hydrogen (secondary N) is 1. The van der Waals surface area contributed by atoms with E-state index in [9.17, 15) is 9.90 Å². The van der Waals surface area contributed by atoms with Crippen LogP contribution in [0.1, 0.15) is 30.7 Å². The Morgan fingerprint density at radius 1 is 1.21 bits per heavy atom. The number of benzene rings is 1. The number of rotatable bonds is 4. The molecule has 0 bridgehead atoms. The summed E-state index contributed by atoms with van der Waals surface area (Å²) in [5.74, 6) is 0.860. The maximum atomic E-state index is 12.4. The van der Waals surface area contributed by atoms with Crippen molar-refractivity contribution in [1.82, 2.24) is 5.32 Å². The highest BCUT2D eigenvalue weighted by Crippen LogP contribution is 2.27. The minimum absolute atomic E-state index is 0.0120. The largest absolute Gasteiger partial charge is 0.507 e. The van der Waals surface area contributed by atoms with Crippen LogP contribution >= 0.6 is 0 Å². The summed E-state index contributed by atoms with van der Waals surface area (Å²) in [6, 6.07) is 3.19. The Kier molecular flexibility index (Phi) is 3.90. The molecular formula is C15H19NO3. The van der Waals surface area contributed by atoms with Crippen molar-refractivity contribution in [3.63, 3.8) is 0 Å². The van der Waals surface area contributed by atoms with Crippen LogP contribution in [-0.2, 0) is 19.4 Å². The van der Waals surface area contributed by atoms with E-state index < -0.39 is 0 Å². The van der Waals surface area contributed by atoms with Crippen LogP contribution in [0.4, 0.5) is 0 Å². The number of aromatic hydroxyl groups is 1. The molecule has 0 atom stereocenters. The molecule has 4 nitrogen and oxygen atoms in total. The first-order chi connectivity index (χ1) is 9.13. The van der Waals surface area contributed by atoms with E-state index in [1.165, 1.54) is 0 Å². The molecule has 102 valence electrons. The molecule has 0 saturated carbocycles. The highest BCUT2D eigenvalue weighted by molar-refractivity contribution is 5.82. The molecule has 4 heteroatoms. The van der Waals surface area contributed by atoms with Crippen molar-refractivity contribution in [2.75, 3.05) is 7.05 Å². The smallest absolute Gasteiger partial charge is 0.196 e. The number of fused-ring (bicyclic) bond motifs is 1. The predicted octanol–water partition coefficient (Wildman–Crippen LogP) is 2.34. The molecule has 0 aliphatic heterocycles. The minimum atomic E-state index is 0.0120. The first-order valence-electron chi connectivity index (χ1n) is 6.58. The topological polar surface area (TPSA) is 62.5 Å². The fraction of sp³-hybridized carbons (Fsp3) is 0.400. The average Bonchev–Trinajstić information content (AvgIpc) is 2.41. The van der Waals surface area contributed by atoms with Gasteiger partial charge in [-0.3, -0.25) is 4.79 Å².